The van der Waals surface area contributed by atoms with E-state index in [9.17, 15) is 4.79 Å². The molecule has 0 atom stereocenters. The number of pyridine rings is 1. The minimum atomic E-state index is -0.208. The average Bonchev–Trinajstić information content (AvgIpc) is 2.67. The molecular weight excluding hydrogens is 352 g/mol. The highest BCUT2D eigenvalue weighted by Crippen LogP contribution is 2.29. The Labute approximate surface area is 165 Å². The van der Waals surface area contributed by atoms with Crippen molar-refractivity contribution in [2.24, 2.45) is 0 Å². The van der Waals surface area contributed by atoms with Crippen molar-refractivity contribution < 1.29 is 14.3 Å². The van der Waals surface area contributed by atoms with Crippen LogP contribution in [0, 0.1) is 20.8 Å². The molecule has 1 aromatic heterocycles. The number of amides is 1. The molecule has 1 N–H and O–H groups in total. The van der Waals surface area contributed by atoms with Gasteiger partial charge in [-0.05, 0) is 62.2 Å². The monoisotopic (exact) mass is 376 g/mol. The third kappa shape index (κ3) is 4.14. The molecule has 0 fully saturated rings. The highest BCUT2D eigenvalue weighted by Gasteiger charge is 2.09. The van der Waals surface area contributed by atoms with Crippen molar-refractivity contribution in [1.82, 2.24) is 4.98 Å². The zero-order valence-electron chi connectivity index (χ0n) is 16.8. The lowest BCUT2D eigenvalue weighted by Crippen LogP contribution is -2.09. The number of methoxy groups -OCH3 is 2. The average molecular weight is 376 g/mol. The lowest BCUT2D eigenvalue weighted by atomic mass is 10.0. The summed E-state index contributed by atoms with van der Waals surface area (Å²) in [5.74, 6) is 1.06. The molecule has 3 aromatic rings. The van der Waals surface area contributed by atoms with Gasteiger partial charge in [0, 0.05) is 17.2 Å². The number of nitrogens with one attached hydrogen (secondary N) is 1. The van der Waals surface area contributed by atoms with Crippen LogP contribution in [0.25, 0.3) is 17.0 Å². The first-order chi connectivity index (χ1) is 13.4. The Bertz CT molecular complexity index is 1070. The largest absolute Gasteiger partial charge is 0.493 e. The molecular formula is C23H24N2O3. The van der Waals surface area contributed by atoms with Crippen LogP contribution < -0.4 is 14.8 Å². The second-order valence-corrected chi connectivity index (χ2v) is 6.73. The smallest absolute Gasteiger partial charge is 0.248 e. The number of anilines is 1. The number of rotatable bonds is 5. The van der Waals surface area contributed by atoms with E-state index >= 15 is 0 Å². The van der Waals surface area contributed by atoms with E-state index in [0.717, 1.165) is 39.0 Å². The summed E-state index contributed by atoms with van der Waals surface area (Å²) in [6.07, 6.45) is 3.25. The van der Waals surface area contributed by atoms with Crippen LogP contribution in [0.1, 0.15) is 22.4 Å². The van der Waals surface area contributed by atoms with Crippen molar-refractivity contribution in [3.05, 3.63) is 64.9 Å². The number of aryl methyl sites for hydroxylation is 3. The van der Waals surface area contributed by atoms with Gasteiger partial charge in [0.1, 0.15) is 0 Å². The van der Waals surface area contributed by atoms with Crippen LogP contribution in [0.15, 0.2) is 42.5 Å². The number of carbonyl (C=O) groups excluding carboxylic acids is 1. The summed E-state index contributed by atoms with van der Waals surface area (Å²) in [4.78, 5) is 17.1. The first-order valence-corrected chi connectivity index (χ1v) is 9.01. The van der Waals surface area contributed by atoms with E-state index in [0.29, 0.717) is 11.5 Å². The number of fused-ring (bicyclic) bond motifs is 1. The normalized spacial score (nSPS) is 11.0. The van der Waals surface area contributed by atoms with Crippen LogP contribution in [0.4, 0.5) is 5.69 Å². The van der Waals surface area contributed by atoms with E-state index in [1.54, 1.807) is 20.3 Å². The second kappa shape index (κ2) is 8.13. The number of aromatic nitrogens is 1. The number of ether oxygens (including phenoxy) is 2. The summed E-state index contributed by atoms with van der Waals surface area (Å²) in [7, 11) is 3.17. The van der Waals surface area contributed by atoms with Crippen molar-refractivity contribution in [2.45, 2.75) is 20.8 Å². The van der Waals surface area contributed by atoms with Crippen molar-refractivity contribution in [1.29, 1.82) is 0 Å². The lowest BCUT2D eigenvalue weighted by molar-refractivity contribution is -0.111. The second-order valence-electron chi connectivity index (χ2n) is 6.73. The van der Waals surface area contributed by atoms with Crippen LogP contribution in [-0.2, 0) is 4.79 Å². The van der Waals surface area contributed by atoms with Gasteiger partial charge in [-0.1, -0.05) is 17.7 Å². The number of nitrogens with zero attached hydrogens (tertiary/aromatic N) is 1. The van der Waals surface area contributed by atoms with E-state index in [4.69, 9.17) is 9.47 Å². The van der Waals surface area contributed by atoms with Crippen molar-refractivity contribution in [3.8, 4) is 11.5 Å². The Kier molecular flexibility index (Phi) is 5.64. The molecule has 1 heterocycles. The molecule has 2 aromatic carbocycles. The SMILES string of the molecule is COc1ccc(/C=C/C(=O)Nc2cc(C)nc3c(C)cc(C)cc23)cc1OC. The van der Waals surface area contributed by atoms with E-state index in [-0.39, 0.29) is 5.91 Å². The molecule has 0 spiro atoms. The predicted molar refractivity (Wildman–Crippen MR) is 113 cm³/mol. The number of hydrogen-bond acceptors (Lipinski definition) is 4. The van der Waals surface area contributed by atoms with Gasteiger partial charge in [-0.15, -0.1) is 0 Å². The number of benzene rings is 2. The maximum atomic E-state index is 12.5. The standard InChI is InChI=1S/C23H24N2O3/c1-14-10-15(2)23-18(11-14)19(12-16(3)24-23)25-22(26)9-7-17-6-8-20(27-4)21(13-17)28-5/h6-13H,1-5H3,(H,24,25,26)/b9-7+. The van der Waals surface area contributed by atoms with Crippen LogP contribution >= 0.6 is 0 Å². The summed E-state index contributed by atoms with van der Waals surface area (Å²) in [6.45, 7) is 5.99. The van der Waals surface area contributed by atoms with Gasteiger partial charge < -0.3 is 14.8 Å². The molecule has 144 valence electrons. The van der Waals surface area contributed by atoms with Gasteiger partial charge in [0.25, 0.3) is 0 Å². The van der Waals surface area contributed by atoms with Gasteiger partial charge in [0.2, 0.25) is 5.91 Å². The van der Waals surface area contributed by atoms with Gasteiger partial charge in [0.15, 0.2) is 11.5 Å². The van der Waals surface area contributed by atoms with Gasteiger partial charge in [0.05, 0.1) is 25.4 Å². The topological polar surface area (TPSA) is 60.5 Å². The van der Waals surface area contributed by atoms with E-state index < -0.39 is 0 Å². The molecule has 5 nitrogen and oxygen atoms in total. The van der Waals surface area contributed by atoms with Gasteiger partial charge in [-0.2, -0.15) is 0 Å². The summed E-state index contributed by atoms with van der Waals surface area (Å²) in [5, 5.41) is 3.92. The van der Waals surface area contributed by atoms with Crippen LogP contribution in [0.2, 0.25) is 0 Å². The zero-order valence-corrected chi connectivity index (χ0v) is 16.8. The van der Waals surface area contributed by atoms with Gasteiger partial charge in [-0.3, -0.25) is 9.78 Å². The summed E-state index contributed by atoms with van der Waals surface area (Å²) >= 11 is 0. The van der Waals surface area contributed by atoms with Crippen molar-refractivity contribution in [3.63, 3.8) is 0 Å². The Morgan fingerprint density at radius 2 is 1.75 bits per heavy atom. The molecule has 5 heteroatoms. The third-order valence-electron chi connectivity index (χ3n) is 4.47. The van der Waals surface area contributed by atoms with E-state index in [1.807, 2.05) is 51.1 Å². The third-order valence-corrected chi connectivity index (χ3v) is 4.47. The van der Waals surface area contributed by atoms with Crippen LogP contribution in [0.3, 0.4) is 0 Å². The number of carbonyl (C=O) groups is 1. The quantitative estimate of drug-likeness (QED) is 0.648. The molecule has 0 saturated heterocycles. The van der Waals surface area contributed by atoms with E-state index in [1.165, 1.54) is 6.08 Å². The highest BCUT2D eigenvalue weighted by molar-refractivity contribution is 6.07. The molecule has 0 aliphatic heterocycles. The minimum absolute atomic E-state index is 0.208. The summed E-state index contributed by atoms with van der Waals surface area (Å²) in [6, 6.07) is 11.5. The first-order valence-electron chi connectivity index (χ1n) is 9.01. The molecule has 0 aliphatic carbocycles. The van der Waals surface area contributed by atoms with Crippen molar-refractivity contribution in [2.75, 3.05) is 19.5 Å². The highest BCUT2D eigenvalue weighted by atomic mass is 16.5. The molecule has 0 aliphatic rings. The van der Waals surface area contributed by atoms with Gasteiger partial charge >= 0.3 is 0 Å². The molecule has 0 unspecified atom stereocenters. The Morgan fingerprint density at radius 3 is 2.46 bits per heavy atom. The molecule has 0 radical (unpaired) electrons. The summed E-state index contributed by atoms with van der Waals surface area (Å²) < 4.78 is 10.5. The Hall–Kier alpha value is -3.34. The minimum Gasteiger partial charge on any atom is -0.493 e. The zero-order chi connectivity index (χ0) is 20.3. The van der Waals surface area contributed by atoms with Crippen molar-refractivity contribution >= 4 is 28.6 Å². The first kappa shape index (κ1) is 19.4. The molecule has 0 bridgehead atoms. The maximum absolute atomic E-state index is 12.5. The van der Waals surface area contributed by atoms with Crippen LogP contribution in [0.5, 0.6) is 11.5 Å². The summed E-state index contributed by atoms with van der Waals surface area (Å²) in [5.41, 5.74) is 5.59. The van der Waals surface area contributed by atoms with Crippen LogP contribution in [-0.4, -0.2) is 25.1 Å². The maximum Gasteiger partial charge on any atom is 0.248 e. The number of hydrogen-bond donors (Lipinski definition) is 1. The molecule has 1 amide bonds. The predicted octanol–water partition coefficient (Wildman–Crippen LogP) is 4.83. The molecule has 0 saturated carbocycles. The fraction of sp³-hybridized carbons (Fsp3) is 0.217. The van der Waals surface area contributed by atoms with Gasteiger partial charge in [-0.25, -0.2) is 0 Å². The fourth-order valence-corrected chi connectivity index (χ4v) is 3.22. The fourth-order valence-electron chi connectivity index (χ4n) is 3.22. The lowest BCUT2D eigenvalue weighted by Gasteiger charge is -2.11. The Morgan fingerprint density at radius 1 is 1.00 bits per heavy atom. The molecule has 3 rings (SSSR count). The van der Waals surface area contributed by atoms with E-state index in [2.05, 4.69) is 16.4 Å². The Balaban J connectivity index is 1.86. The molecule has 28 heavy (non-hydrogen) atoms.